The van der Waals surface area contributed by atoms with Gasteiger partial charge in [0.25, 0.3) is 0 Å². The molecule has 0 unspecified atom stereocenters. The Balaban J connectivity index is 1.88. The van der Waals surface area contributed by atoms with Crippen LogP contribution in [-0.2, 0) is 16.1 Å². The van der Waals surface area contributed by atoms with Gasteiger partial charge < -0.3 is 10.6 Å². The molecular weight excluding hydrogens is 324 g/mol. The molecule has 1 fully saturated rings. The Morgan fingerprint density at radius 3 is 2.21 bits per heavy atom. The van der Waals surface area contributed by atoms with Gasteiger partial charge >= 0.3 is 0 Å². The monoisotopic (exact) mass is 350 g/mol. The van der Waals surface area contributed by atoms with E-state index in [1.807, 2.05) is 12.1 Å². The number of amides is 2. The molecule has 2 amide bonds. The maximum atomic E-state index is 12.6. The van der Waals surface area contributed by atoms with Gasteiger partial charge in [0.1, 0.15) is 5.41 Å². The molecule has 0 aliphatic heterocycles. The molecule has 1 aromatic rings. The summed E-state index contributed by atoms with van der Waals surface area (Å²) in [4.78, 5) is 25.0. The van der Waals surface area contributed by atoms with Crippen LogP contribution in [0.4, 0.5) is 0 Å². The van der Waals surface area contributed by atoms with Crippen LogP contribution in [0.1, 0.15) is 57.9 Å². The molecule has 0 bridgehead atoms. The van der Waals surface area contributed by atoms with E-state index in [0.717, 1.165) is 31.2 Å². The molecule has 2 rings (SSSR count). The molecule has 1 aliphatic rings. The molecule has 5 heteroatoms. The van der Waals surface area contributed by atoms with Crippen molar-refractivity contribution in [3.63, 3.8) is 0 Å². The van der Waals surface area contributed by atoms with Gasteiger partial charge in [-0.1, -0.05) is 49.4 Å². The number of carbonyl (C=O) groups excluding carboxylic acids is 2. The first-order chi connectivity index (χ1) is 11.4. The third-order valence-electron chi connectivity index (χ3n) is 4.69. The number of hydrogen-bond donors (Lipinski definition) is 2. The van der Waals surface area contributed by atoms with Crippen LogP contribution in [0.25, 0.3) is 0 Å². The highest BCUT2D eigenvalue weighted by Gasteiger charge is 2.36. The van der Waals surface area contributed by atoms with Crippen LogP contribution >= 0.6 is 11.6 Å². The highest BCUT2D eigenvalue weighted by molar-refractivity contribution is 6.30. The summed E-state index contributed by atoms with van der Waals surface area (Å²) in [7, 11) is 0. The summed E-state index contributed by atoms with van der Waals surface area (Å²) in [5.74, 6) is -0.452. The molecular formula is C19H27ClN2O2. The first-order valence-electron chi connectivity index (χ1n) is 8.73. The molecule has 1 aliphatic carbocycles. The van der Waals surface area contributed by atoms with E-state index in [2.05, 4.69) is 10.6 Å². The predicted molar refractivity (Wildman–Crippen MR) is 96.7 cm³/mol. The summed E-state index contributed by atoms with van der Waals surface area (Å²) in [6.45, 7) is 3.74. The summed E-state index contributed by atoms with van der Waals surface area (Å²) in [5, 5.41) is 6.58. The minimum absolute atomic E-state index is 0.192. The van der Waals surface area contributed by atoms with E-state index in [0.29, 0.717) is 11.6 Å². The summed E-state index contributed by atoms with van der Waals surface area (Å²) in [6, 6.07) is 7.49. The van der Waals surface area contributed by atoms with Crippen molar-refractivity contribution in [2.75, 3.05) is 0 Å². The van der Waals surface area contributed by atoms with Gasteiger partial charge in [-0.15, -0.1) is 0 Å². The fourth-order valence-corrected chi connectivity index (χ4v) is 3.02. The second-order valence-electron chi connectivity index (χ2n) is 7.10. The minimum atomic E-state index is -1.08. The Morgan fingerprint density at radius 2 is 1.62 bits per heavy atom. The van der Waals surface area contributed by atoms with Crippen molar-refractivity contribution >= 4 is 23.4 Å². The summed E-state index contributed by atoms with van der Waals surface area (Å²) < 4.78 is 0. The first-order valence-corrected chi connectivity index (χ1v) is 9.11. The van der Waals surface area contributed by atoms with Gasteiger partial charge in [-0.05, 0) is 44.4 Å². The van der Waals surface area contributed by atoms with Crippen LogP contribution in [0.5, 0.6) is 0 Å². The van der Waals surface area contributed by atoms with Gasteiger partial charge in [0.15, 0.2) is 0 Å². The van der Waals surface area contributed by atoms with Crippen molar-refractivity contribution < 1.29 is 9.59 Å². The number of rotatable bonds is 5. The number of carbonyl (C=O) groups is 2. The van der Waals surface area contributed by atoms with E-state index in [4.69, 9.17) is 11.6 Å². The van der Waals surface area contributed by atoms with E-state index in [1.54, 1.807) is 26.0 Å². The molecule has 0 spiro atoms. The third kappa shape index (κ3) is 5.23. The number of nitrogens with one attached hydrogen (secondary N) is 2. The highest BCUT2D eigenvalue weighted by Crippen LogP contribution is 2.21. The average molecular weight is 351 g/mol. The maximum Gasteiger partial charge on any atom is 0.235 e. The standard InChI is InChI=1S/C19H27ClN2O2/c1-19(2,18(24)22-16-7-5-3-4-6-8-16)17(23)21-13-14-9-11-15(20)12-10-14/h9-12,16H,3-8,13H2,1-2H3,(H,21,23)(H,22,24). The zero-order valence-corrected chi connectivity index (χ0v) is 15.3. The van der Waals surface area contributed by atoms with Crippen LogP contribution in [0.15, 0.2) is 24.3 Å². The fourth-order valence-electron chi connectivity index (χ4n) is 2.90. The van der Waals surface area contributed by atoms with Crippen molar-refractivity contribution in [1.29, 1.82) is 0 Å². The summed E-state index contributed by atoms with van der Waals surface area (Å²) >= 11 is 5.85. The third-order valence-corrected chi connectivity index (χ3v) is 4.94. The van der Waals surface area contributed by atoms with Gasteiger partial charge in [0.2, 0.25) is 11.8 Å². The average Bonchev–Trinajstić information content (AvgIpc) is 2.82. The van der Waals surface area contributed by atoms with Crippen molar-refractivity contribution in [3.05, 3.63) is 34.9 Å². The van der Waals surface area contributed by atoms with Gasteiger partial charge in [-0.2, -0.15) is 0 Å². The second kappa shape index (κ2) is 8.52. The Morgan fingerprint density at radius 1 is 1.04 bits per heavy atom. The lowest BCUT2D eigenvalue weighted by Crippen LogP contribution is -2.50. The molecule has 1 saturated carbocycles. The predicted octanol–water partition coefficient (Wildman–Crippen LogP) is 3.82. The van der Waals surface area contributed by atoms with E-state index >= 15 is 0 Å². The quantitative estimate of drug-likeness (QED) is 0.626. The van der Waals surface area contributed by atoms with E-state index in [1.165, 1.54) is 12.8 Å². The first kappa shape index (κ1) is 18.8. The van der Waals surface area contributed by atoms with Crippen LogP contribution in [0.3, 0.4) is 0 Å². The van der Waals surface area contributed by atoms with Crippen LogP contribution < -0.4 is 10.6 Å². The van der Waals surface area contributed by atoms with Crippen LogP contribution in [0.2, 0.25) is 5.02 Å². The van der Waals surface area contributed by atoms with Crippen molar-refractivity contribution in [3.8, 4) is 0 Å². The maximum absolute atomic E-state index is 12.6. The van der Waals surface area contributed by atoms with Crippen molar-refractivity contribution in [2.24, 2.45) is 5.41 Å². The molecule has 0 aromatic heterocycles. The van der Waals surface area contributed by atoms with Gasteiger partial charge in [-0.3, -0.25) is 9.59 Å². The molecule has 4 nitrogen and oxygen atoms in total. The zero-order chi connectivity index (χ0) is 17.6. The summed E-state index contributed by atoms with van der Waals surface area (Å²) in [5.41, 5.74) is -0.133. The van der Waals surface area contributed by atoms with Gasteiger partial charge in [0, 0.05) is 17.6 Å². The second-order valence-corrected chi connectivity index (χ2v) is 7.53. The Hall–Kier alpha value is -1.55. The number of halogens is 1. The number of benzene rings is 1. The Kier molecular flexibility index (Phi) is 6.67. The molecule has 0 radical (unpaired) electrons. The Bertz CT molecular complexity index is 561. The lowest BCUT2D eigenvalue weighted by molar-refractivity contribution is -0.141. The molecule has 1 aromatic carbocycles. The van der Waals surface area contributed by atoms with Gasteiger partial charge in [-0.25, -0.2) is 0 Å². The van der Waals surface area contributed by atoms with E-state index < -0.39 is 5.41 Å². The molecule has 0 heterocycles. The zero-order valence-electron chi connectivity index (χ0n) is 14.5. The molecule has 2 N–H and O–H groups in total. The van der Waals surface area contributed by atoms with Crippen LogP contribution in [0, 0.1) is 5.41 Å². The SMILES string of the molecule is CC(C)(C(=O)NCc1ccc(Cl)cc1)C(=O)NC1CCCCCC1. The van der Waals surface area contributed by atoms with Crippen molar-refractivity contribution in [2.45, 2.75) is 65.0 Å². The van der Waals surface area contributed by atoms with E-state index in [-0.39, 0.29) is 17.9 Å². The topological polar surface area (TPSA) is 58.2 Å². The van der Waals surface area contributed by atoms with Gasteiger partial charge in [0.05, 0.1) is 0 Å². The largest absolute Gasteiger partial charge is 0.352 e. The molecule has 132 valence electrons. The smallest absolute Gasteiger partial charge is 0.235 e. The van der Waals surface area contributed by atoms with E-state index in [9.17, 15) is 9.59 Å². The summed E-state index contributed by atoms with van der Waals surface area (Å²) in [6.07, 6.45) is 6.78. The minimum Gasteiger partial charge on any atom is -0.352 e. The molecule has 24 heavy (non-hydrogen) atoms. The van der Waals surface area contributed by atoms with Crippen molar-refractivity contribution in [1.82, 2.24) is 10.6 Å². The number of hydrogen-bond acceptors (Lipinski definition) is 2. The lowest BCUT2D eigenvalue weighted by Gasteiger charge is -2.26. The van der Waals surface area contributed by atoms with Crippen LogP contribution in [-0.4, -0.2) is 17.9 Å². The molecule has 0 atom stereocenters. The molecule has 0 saturated heterocycles. The normalized spacial score (nSPS) is 16.3. The highest BCUT2D eigenvalue weighted by atomic mass is 35.5. The fraction of sp³-hybridized carbons (Fsp3) is 0.579. The Labute approximate surface area is 149 Å². The lowest BCUT2D eigenvalue weighted by atomic mass is 9.90.